The van der Waals surface area contributed by atoms with Crippen LogP contribution in [-0.2, 0) is 0 Å². The lowest BCUT2D eigenvalue weighted by Crippen LogP contribution is -2.23. The zero-order valence-corrected chi connectivity index (χ0v) is 8.73. The second-order valence-corrected chi connectivity index (χ2v) is 3.18. The Morgan fingerprint density at radius 2 is 2.13 bits per heavy atom. The van der Waals surface area contributed by atoms with Crippen LogP contribution in [0.4, 0.5) is 5.69 Å². The molecule has 1 aromatic carbocycles. The smallest absolute Gasteiger partial charge is 0.186 e. The van der Waals surface area contributed by atoms with Crippen LogP contribution in [0.25, 0.3) is 0 Å². The molecule has 0 aromatic heterocycles. The van der Waals surface area contributed by atoms with Gasteiger partial charge in [0, 0.05) is 5.69 Å². The number of hydrogen-bond donors (Lipinski definition) is 3. The molecule has 15 heavy (non-hydrogen) atoms. The average Bonchev–Trinajstić information content (AvgIpc) is 2.14. The summed E-state index contributed by atoms with van der Waals surface area (Å²) in [6.45, 7) is 2.83. The van der Waals surface area contributed by atoms with Gasteiger partial charge in [-0.05, 0) is 30.7 Å². The van der Waals surface area contributed by atoms with E-state index in [9.17, 15) is 0 Å². The summed E-state index contributed by atoms with van der Waals surface area (Å²) in [6, 6.07) is 5.49. The van der Waals surface area contributed by atoms with Crippen LogP contribution in [0, 0.1) is 6.92 Å². The number of guanidine groups is 1. The molecule has 0 aliphatic rings. The van der Waals surface area contributed by atoms with Gasteiger partial charge < -0.3 is 21.9 Å². The van der Waals surface area contributed by atoms with Crippen molar-refractivity contribution < 1.29 is 4.74 Å². The topological polar surface area (TPSA) is 99.6 Å². The van der Waals surface area contributed by atoms with Crippen molar-refractivity contribution in [1.29, 1.82) is 0 Å². The molecule has 5 heteroatoms. The fraction of sp³-hybridized carbons (Fsp3) is 0.300. The lowest BCUT2D eigenvalue weighted by atomic mass is 10.2. The monoisotopic (exact) mass is 208 g/mol. The molecule has 0 saturated heterocycles. The van der Waals surface area contributed by atoms with Gasteiger partial charge in [0.1, 0.15) is 12.4 Å². The highest BCUT2D eigenvalue weighted by Crippen LogP contribution is 2.19. The molecule has 0 radical (unpaired) electrons. The Morgan fingerprint density at radius 1 is 1.40 bits per heavy atom. The highest BCUT2D eigenvalue weighted by atomic mass is 16.5. The van der Waals surface area contributed by atoms with Gasteiger partial charge in [0.15, 0.2) is 5.96 Å². The van der Waals surface area contributed by atoms with E-state index in [2.05, 4.69) is 4.99 Å². The third-order valence-corrected chi connectivity index (χ3v) is 1.84. The van der Waals surface area contributed by atoms with Crippen LogP contribution in [0.5, 0.6) is 5.75 Å². The molecule has 0 spiro atoms. The van der Waals surface area contributed by atoms with Gasteiger partial charge in [0.25, 0.3) is 0 Å². The summed E-state index contributed by atoms with van der Waals surface area (Å²) < 4.78 is 5.47. The van der Waals surface area contributed by atoms with Crippen LogP contribution in [0.15, 0.2) is 23.2 Å². The highest BCUT2D eigenvalue weighted by molar-refractivity contribution is 5.75. The summed E-state index contributed by atoms with van der Waals surface area (Å²) in [5.41, 5.74) is 17.7. The fourth-order valence-electron chi connectivity index (χ4n) is 1.16. The van der Waals surface area contributed by atoms with E-state index in [1.807, 2.05) is 19.1 Å². The third-order valence-electron chi connectivity index (χ3n) is 1.84. The average molecular weight is 208 g/mol. The van der Waals surface area contributed by atoms with E-state index in [-0.39, 0.29) is 5.96 Å². The molecule has 0 amide bonds. The molecule has 0 saturated carbocycles. The number of aliphatic imine (C=N–C) groups is 1. The van der Waals surface area contributed by atoms with E-state index >= 15 is 0 Å². The quantitative estimate of drug-likeness (QED) is 0.285. The largest absolute Gasteiger partial charge is 0.491 e. The number of nitrogens with two attached hydrogens (primary N) is 3. The normalized spacial score (nSPS) is 9.67. The van der Waals surface area contributed by atoms with Crippen molar-refractivity contribution in [2.24, 2.45) is 16.5 Å². The minimum atomic E-state index is 0.0765. The van der Waals surface area contributed by atoms with E-state index in [1.54, 1.807) is 6.07 Å². The number of ether oxygens (including phenoxy) is 1. The molecule has 0 unspecified atom stereocenters. The summed E-state index contributed by atoms with van der Waals surface area (Å²) in [5.74, 6) is 0.877. The predicted octanol–water partition coefficient (Wildman–Crippen LogP) is 0.229. The number of nitrogen functional groups attached to an aromatic ring is 1. The van der Waals surface area contributed by atoms with E-state index in [0.717, 1.165) is 17.0 Å². The summed E-state index contributed by atoms with van der Waals surface area (Å²) in [6.07, 6.45) is 0. The van der Waals surface area contributed by atoms with Crippen LogP contribution >= 0.6 is 0 Å². The van der Waals surface area contributed by atoms with Gasteiger partial charge in [-0.15, -0.1) is 0 Å². The van der Waals surface area contributed by atoms with Gasteiger partial charge in [0.2, 0.25) is 0 Å². The molecule has 1 rings (SSSR count). The summed E-state index contributed by atoms with van der Waals surface area (Å²) in [5, 5.41) is 0. The van der Waals surface area contributed by atoms with Gasteiger partial charge >= 0.3 is 0 Å². The maximum Gasteiger partial charge on any atom is 0.186 e. The van der Waals surface area contributed by atoms with Crippen molar-refractivity contribution in [3.05, 3.63) is 23.8 Å². The molecular weight excluding hydrogens is 192 g/mol. The summed E-state index contributed by atoms with van der Waals surface area (Å²) in [7, 11) is 0. The summed E-state index contributed by atoms with van der Waals surface area (Å²) >= 11 is 0. The van der Waals surface area contributed by atoms with Crippen LogP contribution in [-0.4, -0.2) is 19.1 Å². The Morgan fingerprint density at radius 3 is 2.73 bits per heavy atom. The maximum absolute atomic E-state index is 5.61. The van der Waals surface area contributed by atoms with E-state index in [0.29, 0.717) is 13.2 Å². The SMILES string of the molecule is Cc1cc(N)ccc1OCCN=C(N)N. The second kappa shape index (κ2) is 5.09. The summed E-state index contributed by atoms with van der Waals surface area (Å²) in [4.78, 5) is 3.81. The minimum Gasteiger partial charge on any atom is -0.491 e. The second-order valence-electron chi connectivity index (χ2n) is 3.18. The molecular formula is C10H16N4O. The number of nitrogens with zero attached hydrogens (tertiary/aromatic N) is 1. The van der Waals surface area contributed by atoms with Crippen molar-refractivity contribution in [2.75, 3.05) is 18.9 Å². The molecule has 0 heterocycles. The van der Waals surface area contributed by atoms with Gasteiger partial charge in [-0.2, -0.15) is 0 Å². The Balaban J connectivity index is 2.47. The van der Waals surface area contributed by atoms with Crippen molar-refractivity contribution in [2.45, 2.75) is 6.92 Å². The molecule has 0 atom stereocenters. The van der Waals surface area contributed by atoms with Crippen LogP contribution in [0.3, 0.4) is 0 Å². The number of anilines is 1. The van der Waals surface area contributed by atoms with Crippen LogP contribution in [0.2, 0.25) is 0 Å². The van der Waals surface area contributed by atoms with Gasteiger partial charge in [0.05, 0.1) is 6.54 Å². The Bertz CT molecular complexity index is 358. The molecule has 1 aromatic rings. The standard InChI is InChI=1S/C10H16N4O/c1-7-6-8(11)2-3-9(7)15-5-4-14-10(12)13/h2-3,6H,4-5,11H2,1H3,(H4,12,13,14). The first-order chi connectivity index (χ1) is 7.09. The van der Waals surface area contributed by atoms with E-state index in [1.165, 1.54) is 0 Å². The molecule has 0 aliphatic carbocycles. The molecule has 0 bridgehead atoms. The number of aryl methyl sites for hydroxylation is 1. The number of hydrogen-bond acceptors (Lipinski definition) is 3. The first-order valence-corrected chi connectivity index (χ1v) is 4.64. The van der Waals surface area contributed by atoms with Crippen molar-refractivity contribution in [1.82, 2.24) is 0 Å². The first-order valence-electron chi connectivity index (χ1n) is 4.64. The van der Waals surface area contributed by atoms with Gasteiger partial charge in [-0.1, -0.05) is 0 Å². The Labute approximate surface area is 88.9 Å². The van der Waals surface area contributed by atoms with Gasteiger partial charge in [-0.3, -0.25) is 4.99 Å². The molecule has 0 fully saturated rings. The predicted molar refractivity (Wildman–Crippen MR) is 61.8 cm³/mol. The minimum absolute atomic E-state index is 0.0765. The van der Waals surface area contributed by atoms with Crippen molar-refractivity contribution in [3.8, 4) is 5.75 Å². The lowest BCUT2D eigenvalue weighted by molar-refractivity contribution is 0.326. The molecule has 82 valence electrons. The first kappa shape index (κ1) is 11.2. The Kier molecular flexibility index (Phi) is 3.79. The zero-order chi connectivity index (χ0) is 11.3. The third kappa shape index (κ3) is 3.76. The molecule has 5 nitrogen and oxygen atoms in total. The molecule has 0 aliphatic heterocycles. The molecule has 6 N–H and O–H groups in total. The Hall–Kier alpha value is -1.91. The lowest BCUT2D eigenvalue weighted by Gasteiger charge is -2.08. The van der Waals surface area contributed by atoms with Crippen LogP contribution in [0.1, 0.15) is 5.56 Å². The van der Waals surface area contributed by atoms with Crippen molar-refractivity contribution in [3.63, 3.8) is 0 Å². The highest BCUT2D eigenvalue weighted by Gasteiger charge is 1.98. The van der Waals surface area contributed by atoms with Gasteiger partial charge in [-0.25, -0.2) is 0 Å². The van der Waals surface area contributed by atoms with Crippen molar-refractivity contribution >= 4 is 11.6 Å². The van der Waals surface area contributed by atoms with E-state index in [4.69, 9.17) is 21.9 Å². The van der Waals surface area contributed by atoms with E-state index < -0.39 is 0 Å². The fourth-order valence-corrected chi connectivity index (χ4v) is 1.16. The zero-order valence-electron chi connectivity index (χ0n) is 8.73. The van der Waals surface area contributed by atoms with Crippen LogP contribution < -0.4 is 21.9 Å². The number of benzene rings is 1. The number of rotatable bonds is 4. The maximum atomic E-state index is 5.61.